The molecule has 0 aromatic heterocycles. The standard InChI is InChI=1S/C11H17NO5S/c1-7(6-18-8(2)13)10(14)12-3-4-17-5-9(12)11(15)16/h7,9H,3-6H2,1-2H3,(H,15,16). The lowest BCUT2D eigenvalue weighted by atomic mass is 10.1. The van der Waals surface area contributed by atoms with Gasteiger partial charge in [-0.25, -0.2) is 4.79 Å². The monoisotopic (exact) mass is 275 g/mol. The van der Waals surface area contributed by atoms with Crippen LogP contribution in [0.5, 0.6) is 0 Å². The molecule has 1 N–H and O–H groups in total. The molecule has 0 aliphatic carbocycles. The summed E-state index contributed by atoms with van der Waals surface area (Å²) in [5, 5.41) is 8.97. The van der Waals surface area contributed by atoms with Crippen LogP contribution in [0.3, 0.4) is 0 Å². The molecule has 7 heteroatoms. The molecule has 0 radical (unpaired) electrons. The van der Waals surface area contributed by atoms with Crippen molar-refractivity contribution < 1.29 is 24.2 Å². The van der Waals surface area contributed by atoms with Crippen LogP contribution < -0.4 is 0 Å². The van der Waals surface area contributed by atoms with Gasteiger partial charge in [0.25, 0.3) is 0 Å². The van der Waals surface area contributed by atoms with Crippen LogP contribution in [0.1, 0.15) is 13.8 Å². The van der Waals surface area contributed by atoms with E-state index in [4.69, 9.17) is 9.84 Å². The van der Waals surface area contributed by atoms with Crippen LogP contribution in [0, 0.1) is 5.92 Å². The van der Waals surface area contributed by atoms with Crippen molar-refractivity contribution in [1.82, 2.24) is 4.90 Å². The molecule has 1 amide bonds. The highest BCUT2D eigenvalue weighted by atomic mass is 32.2. The van der Waals surface area contributed by atoms with E-state index in [9.17, 15) is 14.4 Å². The van der Waals surface area contributed by atoms with Crippen molar-refractivity contribution in [3.05, 3.63) is 0 Å². The number of nitrogens with zero attached hydrogens (tertiary/aromatic N) is 1. The first kappa shape index (κ1) is 15.0. The quantitative estimate of drug-likeness (QED) is 0.790. The van der Waals surface area contributed by atoms with Crippen LogP contribution in [0.15, 0.2) is 0 Å². The maximum atomic E-state index is 12.1. The van der Waals surface area contributed by atoms with Gasteiger partial charge in [0.2, 0.25) is 5.91 Å². The van der Waals surface area contributed by atoms with Crippen molar-refractivity contribution in [3.8, 4) is 0 Å². The largest absolute Gasteiger partial charge is 0.480 e. The summed E-state index contributed by atoms with van der Waals surface area (Å²) in [6.07, 6.45) is 0. The molecule has 2 unspecified atom stereocenters. The molecule has 1 heterocycles. The summed E-state index contributed by atoms with van der Waals surface area (Å²) in [7, 11) is 0. The Kier molecular flexibility index (Phi) is 5.61. The van der Waals surface area contributed by atoms with Crippen molar-refractivity contribution in [2.75, 3.05) is 25.5 Å². The first-order valence-corrected chi connectivity index (χ1v) is 6.66. The number of carboxylic acids is 1. The number of rotatable bonds is 4. The van der Waals surface area contributed by atoms with E-state index in [0.717, 1.165) is 11.8 Å². The number of carbonyl (C=O) groups is 3. The number of carboxylic acid groups (broad SMARTS) is 1. The van der Waals surface area contributed by atoms with Crippen molar-refractivity contribution in [3.63, 3.8) is 0 Å². The number of hydrogen-bond acceptors (Lipinski definition) is 5. The zero-order chi connectivity index (χ0) is 13.7. The van der Waals surface area contributed by atoms with Crippen molar-refractivity contribution in [2.45, 2.75) is 19.9 Å². The van der Waals surface area contributed by atoms with Crippen LogP contribution in [-0.4, -0.2) is 58.6 Å². The van der Waals surface area contributed by atoms with E-state index in [0.29, 0.717) is 12.4 Å². The number of hydrogen-bond donors (Lipinski definition) is 1. The minimum atomic E-state index is -1.06. The van der Waals surface area contributed by atoms with Gasteiger partial charge in [-0.3, -0.25) is 9.59 Å². The van der Waals surface area contributed by atoms with Crippen molar-refractivity contribution >= 4 is 28.8 Å². The number of carbonyl (C=O) groups excluding carboxylic acids is 2. The number of ether oxygens (including phenoxy) is 1. The van der Waals surface area contributed by atoms with Gasteiger partial charge in [-0.2, -0.15) is 0 Å². The molecule has 1 rings (SSSR count). The molecule has 1 aliphatic heterocycles. The van der Waals surface area contributed by atoms with Crippen LogP contribution >= 0.6 is 11.8 Å². The summed E-state index contributed by atoms with van der Waals surface area (Å²) >= 11 is 1.08. The molecule has 6 nitrogen and oxygen atoms in total. The SMILES string of the molecule is CC(=O)SCC(C)C(=O)N1CCOCC1C(=O)O. The van der Waals surface area contributed by atoms with E-state index < -0.39 is 12.0 Å². The molecule has 18 heavy (non-hydrogen) atoms. The summed E-state index contributed by atoms with van der Waals surface area (Å²) in [5.41, 5.74) is 0. The van der Waals surface area contributed by atoms with Gasteiger partial charge in [-0.05, 0) is 0 Å². The van der Waals surface area contributed by atoms with Crippen LogP contribution in [0.25, 0.3) is 0 Å². The molecule has 0 bridgehead atoms. The van der Waals surface area contributed by atoms with Gasteiger partial charge in [-0.1, -0.05) is 18.7 Å². The normalized spacial score (nSPS) is 21.4. The molecule has 1 aliphatic rings. The summed E-state index contributed by atoms with van der Waals surface area (Å²) in [5.74, 6) is -1.30. The Morgan fingerprint density at radius 3 is 2.72 bits per heavy atom. The van der Waals surface area contributed by atoms with Crippen molar-refractivity contribution in [2.24, 2.45) is 5.92 Å². The Morgan fingerprint density at radius 2 is 2.17 bits per heavy atom. The summed E-state index contributed by atoms with van der Waals surface area (Å²) < 4.78 is 5.07. The number of morpholine rings is 1. The van der Waals surface area contributed by atoms with E-state index in [1.807, 2.05) is 0 Å². The first-order chi connectivity index (χ1) is 8.43. The summed E-state index contributed by atoms with van der Waals surface area (Å²) in [6.45, 7) is 3.80. The number of thioether (sulfide) groups is 1. The Hall–Kier alpha value is -1.08. The molecule has 2 atom stereocenters. The van der Waals surface area contributed by atoms with Gasteiger partial charge in [0, 0.05) is 25.1 Å². The predicted octanol–water partition coefficient (Wildman–Crippen LogP) is 0.214. The molecule has 102 valence electrons. The van der Waals surface area contributed by atoms with Gasteiger partial charge in [0.1, 0.15) is 0 Å². The van der Waals surface area contributed by atoms with Crippen molar-refractivity contribution in [1.29, 1.82) is 0 Å². The average Bonchev–Trinajstić information content (AvgIpc) is 2.34. The molecule has 0 aromatic rings. The molecule has 0 saturated carbocycles. The highest BCUT2D eigenvalue weighted by Crippen LogP contribution is 2.16. The minimum absolute atomic E-state index is 0.0215. The number of amides is 1. The van der Waals surface area contributed by atoms with E-state index in [2.05, 4.69) is 0 Å². The fraction of sp³-hybridized carbons (Fsp3) is 0.727. The maximum Gasteiger partial charge on any atom is 0.328 e. The lowest BCUT2D eigenvalue weighted by molar-refractivity contribution is -0.159. The lowest BCUT2D eigenvalue weighted by Crippen LogP contribution is -2.54. The minimum Gasteiger partial charge on any atom is -0.480 e. The second-order valence-corrected chi connectivity index (χ2v) is 5.36. The Morgan fingerprint density at radius 1 is 1.50 bits per heavy atom. The maximum absolute atomic E-state index is 12.1. The van der Waals surface area contributed by atoms with Crippen LogP contribution in [0.4, 0.5) is 0 Å². The lowest BCUT2D eigenvalue weighted by Gasteiger charge is -2.34. The molecule has 0 spiro atoms. The fourth-order valence-electron chi connectivity index (χ4n) is 1.67. The van der Waals surface area contributed by atoms with E-state index in [1.165, 1.54) is 11.8 Å². The second-order valence-electron chi connectivity index (χ2n) is 4.16. The zero-order valence-corrected chi connectivity index (χ0v) is 11.2. The number of aliphatic carboxylic acids is 1. The Labute approximate surface area is 110 Å². The average molecular weight is 275 g/mol. The molecular formula is C11H17NO5S. The summed E-state index contributed by atoms with van der Waals surface area (Å²) in [6, 6.07) is -0.920. The van der Waals surface area contributed by atoms with Gasteiger partial charge >= 0.3 is 5.97 Å². The predicted molar refractivity (Wildman–Crippen MR) is 66.3 cm³/mol. The first-order valence-electron chi connectivity index (χ1n) is 5.68. The van der Waals surface area contributed by atoms with Gasteiger partial charge < -0.3 is 14.7 Å². The topological polar surface area (TPSA) is 83.9 Å². The van der Waals surface area contributed by atoms with Gasteiger partial charge in [-0.15, -0.1) is 0 Å². The molecule has 1 fully saturated rings. The van der Waals surface area contributed by atoms with E-state index >= 15 is 0 Å². The highest BCUT2D eigenvalue weighted by Gasteiger charge is 2.34. The summed E-state index contributed by atoms with van der Waals surface area (Å²) in [4.78, 5) is 35.3. The Bertz CT molecular complexity index is 346. The van der Waals surface area contributed by atoms with Gasteiger partial charge in [0.05, 0.1) is 13.2 Å². The Balaban J connectivity index is 2.62. The van der Waals surface area contributed by atoms with Crippen LogP contribution in [-0.2, 0) is 19.1 Å². The molecule has 1 saturated heterocycles. The zero-order valence-electron chi connectivity index (χ0n) is 10.4. The van der Waals surface area contributed by atoms with Crippen LogP contribution in [0.2, 0.25) is 0 Å². The molecular weight excluding hydrogens is 258 g/mol. The van der Waals surface area contributed by atoms with E-state index in [-0.39, 0.29) is 30.1 Å². The van der Waals surface area contributed by atoms with E-state index in [1.54, 1.807) is 6.92 Å². The highest BCUT2D eigenvalue weighted by molar-refractivity contribution is 8.13. The third-order valence-corrected chi connectivity index (χ3v) is 3.73. The second kappa shape index (κ2) is 6.75. The molecule has 0 aromatic carbocycles. The third kappa shape index (κ3) is 3.99. The fourth-order valence-corrected chi connectivity index (χ4v) is 2.30. The van der Waals surface area contributed by atoms with Gasteiger partial charge in [0.15, 0.2) is 11.2 Å². The smallest absolute Gasteiger partial charge is 0.328 e. The third-order valence-electron chi connectivity index (χ3n) is 2.65.